The van der Waals surface area contributed by atoms with Gasteiger partial charge in [0.05, 0.1) is 10.4 Å². The normalized spacial score (nSPS) is 10.4. The molecule has 1 N–H and O–H groups in total. The van der Waals surface area contributed by atoms with Crippen LogP contribution in [0.1, 0.15) is 25.6 Å². The number of amides is 1. The van der Waals surface area contributed by atoms with E-state index in [1.165, 1.54) is 11.3 Å². The minimum Gasteiger partial charge on any atom is -0.340 e. The van der Waals surface area contributed by atoms with Crippen LogP contribution < -0.4 is 5.32 Å². The maximum absolute atomic E-state index is 12.5. The average Bonchev–Trinajstić information content (AvgIpc) is 3.05. The number of benzene rings is 1. The highest BCUT2D eigenvalue weighted by molar-refractivity contribution is 7.12. The standard InChI is InChI=1S/C16H18N2O2S/c1-17-9-10-18(2)16(20)13-7-4-3-6-12(13)15(19)14-8-5-11-21-14/h3-8,11,17H,9-10H2,1-2H3. The van der Waals surface area contributed by atoms with Gasteiger partial charge in [-0.15, -0.1) is 11.3 Å². The van der Waals surface area contributed by atoms with E-state index >= 15 is 0 Å². The van der Waals surface area contributed by atoms with Crippen molar-refractivity contribution < 1.29 is 9.59 Å². The van der Waals surface area contributed by atoms with E-state index in [2.05, 4.69) is 5.32 Å². The number of thiophene rings is 1. The lowest BCUT2D eigenvalue weighted by Gasteiger charge is -2.18. The molecule has 4 nitrogen and oxygen atoms in total. The van der Waals surface area contributed by atoms with Gasteiger partial charge < -0.3 is 10.2 Å². The van der Waals surface area contributed by atoms with Gasteiger partial charge in [-0.25, -0.2) is 0 Å². The van der Waals surface area contributed by atoms with Gasteiger partial charge in [-0.05, 0) is 24.6 Å². The maximum Gasteiger partial charge on any atom is 0.254 e. The van der Waals surface area contributed by atoms with Crippen molar-refractivity contribution in [3.8, 4) is 0 Å². The van der Waals surface area contributed by atoms with Crippen LogP contribution in [0.3, 0.4) is 0 Å². The first kappa shape index (κ1) is 15.4. The van der Waals surface area contributed by atoms with E-state index in [0.717, 1.165) is 0 Å². The molecule has 1 aromatic heterocycles. The molecule has 0 bridgehead atoms. The minimum absolute atomic E-state index is 0.101. The average molecular weight is 302 g/mol. The first-order valence-corrected chi connectivity index (χ1v) is 7.60. The number of hydrogen-bond acceptors (Lipinski definition) is 4. The molecule has 1 heterocycles. The van der Waals surface area contributed by atoms with E-state index in [1.807, 2.05) is 18.5 Å². The van der Waals surface area contributed by atoms with Gasteiger partial charge in [0.1, 0.15) is 0 Å². The van der Waals surface area contributed by atoms with Crippen LogP contribution >= 0.6 is 11.3 Å². The molecule has 0 radical (unpaired) electrons. The Labute approximate surface area is 128 Å². The van der Waals surface area contributed by atoms with Gasteiger partial charge >= 0.3 is 0 Å². The molecule has 1 aromatic carbocycles. The van der Waals surface area contributed by atoms with Crippen molar-refractivity contribution in [2.75, 3.05) is 27.2 Å². The molecule has 0 fully saturated rings. The van der Waals surface area contributed by atoms with E-state index in [9.17, 15) is 9.59 Å². The molecule has 2 aromatic rings. The Hall–Kier alpha value is -1.98. The van der Waals surface area contributed by atoms with Gasteiger partial charge in [0.15, 0.2) is 0 Å². The fourth-order valence-electron chi connectivity index (χ4n) is 1.99. The van der Waals surface area contributed by atoms with E-state index < -0.39 is 0 Å². The van der Waals surface area contributed by atoms with Gasteiger partial charge in [-0.1, -0.05) is 24.3 Å². The number of rotatable bonds is 6. The van der Waals surface area contributed by atoms with E-state index in [-0.39, 0.29) is 11.7 Å². The summed E-state index contributed by atoms with van der Waals surface area (Å²) in [5, 5.41) is 4.86. The van der Waals surface area contributed by atoms with E-state index in [1.54, 1.807) is 42.3 Å². The summed E-state index contributed by atoms with van der Waals surface area (Å²) in [6.07, 6.45) is 0. The predicted molar refractivity (Wildman–Crippen MR) is 85.1 cm³/mol. The zero-order valence-electron chi connectivity index (χ0n) is 12.1. The first-order chi connectivity index (χ1) is 10.1. The number of nitrogens with one attached hydrogen (secondary N) is 1. The molecule has 0 spiro atoms. The van der Waals surface area contributed by atoms with Crippen molar-refractivity contribution in [3.63, 3.8) is 0 Å². The van der Waals surface area contributed by atoms with E-state index in [0.29, 0.717) is 29.1 Å². The topological polar surface area (TPSA) is 49.4 Å². The molecule has 0 aliphatic heterocycles. The molecule has 0 saturated heterocycles. The third kappa shape index (κ3) is 3.56. The smallest absolute Gasteiger partial charge is 0.254 e. The van der Waals surface area contributed by atoms with Crippen LogP contribution in [0.2, 0.25) is 0 Å². The van der Waals surface area contributed by atoms with Gasteiger partial charge in [-0.2, -0.15) is 0 Å². The van der Waals surface area contributed by atoms with Crippen molar-refractivity contribution >= 4 is 23.0 Å². The summed E-state index contributed by atoms with van der Waals surface area (Å²) in [6.45, 7) is 1.31. The Bertz CT molecular complexity index is 623. The van der Waals surface area contributed by atoms with Crippen molar-refractivity contribution in [2.24, 2.45) is 0 Å². The predicted octanol–water partition coefficient (Wildman–Crippen LogP) is 2.27. The number of ketones is 1. The first-order valence-electron chi connectivity index (χ1n) is 6.72. The molecule has 2 rings (SSSR count). The molecule has 0 aliphatic rings. The number of carbonyl (C=O) groups excluding carboxylic acids is 2. The number of carbonyl (C=O) groups is 2. The Kier molecular flexibility index (Phi) is 5.25. The summed E-state index contributed by atoms with van der Waals surface area (Å²) in [4.78, 5) is 27.3. The van der Waals surface area contributed by atoms with Crippen LogP contribution in [-0.4, -0.2) is 43.8 Å². The van der Waals surface area contributed by atoms with Crippen LogP contribution in [-0.2, 0) is 0 Å². The highest BCUT2D eigenvalue weighted by atomic mass is 32.1. The Morgan fingerprint density at radius 1 is 1.14 bits per heavy atom. The number of nitrogens with zero attached hydrogens (tertiary/aromatic N) is 1. The molecule has 21 heavy (non-hydrogen) atoms. The van der Waals surface area contributed by atoms with Crippen LogP contribution in [0.5, 0.6) is 0 Å². The Balaban J connectivity index is 2.29. The lowest BCUT2D eigenvalue weighted by molar-refractivity contribution is 0.0792. The van der Waals surface area contributed by atoms with Crippen LogP contribution in [0, 0.1) is 0 Å². The highest BCUT2D eigenvalue weighted by Gasteiger charge is 2.20. The number of likely N-dealkylation sites (N-methyl/N-ethyl adjacent to an activating group) is 2. The van der Waals surface area contributed by atoms with Gasteiger partial charge in [0, 0.05) is 25.7 Å². The second-order valence-electron chi connectivity index (χ2n) is 4.68. The van der Waals surface area contributed by atoms with Crippen LogP contribution in [0.15, 0.2) is 41.8 Å². The largest absolute Gasteiger partial charge is 0.340 e. The highest BCUT2D eigenvalue weighted by Crippen LogP contribution is 2.19. The van der Waals surface area contributed by atoms with Crippen molar-refractivity contribution in [2.45, 2.75) is 0 Å². The summed E-state index contributed by atoms with van der Waals surface area (Å²) in [5.74, 6) is -0.235. The zero-order valence-corrected chi connectivity index (χ0v) is 12.9. The lowest BCUT2D eigenvalue weighted by Crippen LogP contribution is -2.33. The maximum atomic E-state index is 12.5. The summed E-state index contributed by atoms with van der Waals surface area (Å²) in [5.41, 5.74) is 0.913. The molecule has 0 unspecified atom stereocenters. The monoisotopic (exact) mass is 302 g/mol. The van der Waals surface area contributed by atoms with Crippen molar-refractivity contribution in [1.29, 1.82) is 0 Å². The molecule has 1 amide bonds. The molecule has 5 heteroatoms. The Morgan fingerprint density at radius 2 is 1.86 bits per heavy atom. The van der Waals surface area contributed by atoms with E-state index in [4.69, 9.17) is 0 Å². The second kappa shape index (κ2) is 7.15. The molecular formula is C16H18N2O2S. The molecule has 110 valence electrons. The lowest BCUT2D eigenvalue weighted by atomic mass is 10.0. The fraction of sp³-hybridized carbons (Fsp3) is 0.250. The second-order valence-corrected chi connectivity index (χ2v) is 5.63. The zero-order chi connectivity index (χ0) is 15.2. The van der Waals surface area contributed by atoms with Crippen LogP contribution in [0.25, 0.3) is 0 Å². The van der Waals surface area contributed by atoms with Crippen LogP contribution in [0.4, 0.5) is 0 Å². The van der Waals surface area contributed by atoms with Gasteiger partial charge in [0.2, 0.25) is 5.78 Å². The van der Waals surface area contributed by atoms with Crippen molar-refractivity contribution in [3.05, 3.63) is 57.8 Å². The quantitative estimate of drug-likeness (QED) is 0.833. The SMILES string of the molecule is CNCCN(C)C(=O)c1ccccc1C(=O)c1cccs1. The third-order valence-corrected chi connectivity index (χ3v) is 4.06. The van der Waals surface area contributed by atoms with Gasteiger partial charge in [-0.3, -0.25) is 9.59 Å². The summed E-state index contributed by atoms with van der Waals surface area (Å²) >= 11 is 1.38. The fourth-order valence-corrected chi connectivity index (χ4v) is 2.67. The molecule has 0 atom stereocenters. The van der Waals surface area contributed by atoms with Crippen molar-refractivity contribution in [1.82, 2.24) is 10.2 Å². The summed E-state index contributed by atoms with van der Waals surface area (Å²) in [7, 11) is 3.58. The number of hydrogen-bond donors (Lipinski definition) is 1. The molecular weight excluding hydrogens is 284 g/mol. The van der Waals surface area contributed by atoms with Gasteiger partial charge in [0.25, 0.3) is 5.91 Å². The minimum atomic E-state index is -0.134. The molecule has 0 saturated carbocycles. The third-order valence-electron chi connectivity index (χ3n) is 3.19. The molecule has 0 aliphatic carbocycles. The summed E-state index contributed by atoms with van der Waals surface area (Å²) < 4.78 is 0. The Morgan fingerprint density at radius 3 is 2.48 bits per heavy atom. The summed E-state index contributed by atoms with van der Waals surface area (Å²) in [6, 6.07) is 10.6.